The van der Waals surface area contributed by atoms with Gasteiger partial charge in [0.25, 0.3) is 5.69 Å². The number of nitro groups is 1. The zero-order valence-electron chi connectivity index (χ0n) is 29.3. The molecule has 0 saturated heterocycles. The predicted octanol–water partition coefficient (Wildman–Crippen LogP) is -1.17. The second kappa shape index (κ2) is 23.1. The van der Waals surface area contributed by atoms with Crippen LogP contribution in [0.1, 0.15) is 23.2 Å². The van der Waals surface area contributed by atoms with E-state index >= 15 is 0 Å². The van der Waals surface area contributed by atoms with Crippen LogP contribution in [-0.2, 0) is 38.4 Å². The number of nitro benzene ring substituents is 1. The van der Waals surface area contributed by atoms with Gasteiger partial charge in [0.15, 0.2) is 0 Å². The van der Waals surface area contributed by atoms with Crippen molar-refractivity contribution < 1.29 is 84.1 Å². The van der Waals surface area contributed by atoms with Crippen molar-refractivity contribution in [3.63, 3.8) is 0 Å². The molecule has 24 nitrogen and oxygen atoms in total. The highest BCUT2D eigenvalue weighted by atomic mass is 16.6. The van der Waals surface area contributed by atoms with Crippen LogP contribution in [0.15, 0.2) is 48.5 Å². The molecule has 2 aromatic carbocycles. The second-order valence-electron chi connectivity index (χ2n) is 11.8. The summed E-state index contributed by atoms with van der Waals surface area (Å²) in [6.45, 7) is -5.86. The molecule has 2 atom stereocenters. The lowest BCUT2D eigenvalue weighted by molar-refractivity contribution is -0.384. The van der Waals surface area contributed by atoms with Crippen LogP contribution in [0.4, 0.5) is 11.4 Å². The van der Waals surface area contributed by atoms with E-state index in [1.807, 2.05) is 0 Å². The van der Waals surface area contributed by atoms with Crippen LogP contribution in [0, 0.1) is 10.1 Å². The van der Waals surface area contributed by atoms with Gasteiger partial charge in [-0.3, -0.25) is 68.1 Å². The maximum absolute atomic E-state index is 11.2. The third kappa shape index (κ3) is 18.8. The number of hydrogen-bond acceptors (Lipinski definition) is 15. The van der Waals surface area contributed by atoms with E-state index in [9.17, 15) is 48.5 Å². The Balaban J connectivity index is 0.000000561. The van der Waals surface area contributed by atoms with E-state index < -0.39 is 117 Å². The summed E-state index contributed by atoms with van der Waals surface area (Å²) in [6, 6.07) is 9.03. The molecule has 2 rings (SSSR count). The van der Waals surface area contributed by atoms with Crippen LogP contribution in [0.5, 0.6) is 0 Å². The van der Waals surface area contributed by atoms with E-state index in [0.29, 0.717) is 11.3 Å². The lowest BCUT2D eigenvalue weighted by Gasteiger charge is -2.33. The summed E-state index contributed by atoms with van der Waals surface area (Å²) < 4.78 is 0. The minimum absolute atomic E-state index is 0.205. The highest BCUT2D eigenvalue weighted by molar-refractivity contribution is 5.75. The first-order valence-corrected chi connectivity index (χ1v) is 15.8. The van der Waals surface area contributed by atoms with Crippen LogP contribution in [0.2, 0.25) is 0 Å². The SMILES string of the molecule is Nc1ccc(C(CN(CC(=O)O)CC(=O)O)N(CC(=O)O)CC(=O)O)cc1.O=C(O)CN(CC(=O)O)CC(c1ccc([N+](=O)[O-])cc1)N(CC(=O)O)CC(=O)O. The normalized spacial score (nSPS) is 12.0. The van der Waals surface area contributed by atoms with E-state index in [-0.39, 0.29) is 24.3 Å². The molecule has 0 heterocycles. The van der Waals surface area contributed by atoms with Crippen LogP contribution in [0.3, 0.4) is 0 Å². The molecule has 10 N–H and O–H groups in total. The zero-order valence-corrected chi connectivity index (χ0v) is 29.3. The van der Waals surface area contributed by atoms with Gasteiger partial charge in [-0.15, -0.1) is 0 Å². The first-order valence-electron chi connectivity index (χ1n) is 15.8. The number of nitrogens with two attached hydrogens (primary N) is 1. The van der Waals surface area contributed by atoms with Gasteiger partial charge in [-0.25, -0.2) is 0 Å². The lowest BCUT2D eigenvalue weighted by atomic mass is 10.0. The van der Waals surface area contributed by atoms with Crippen LogP contribution in [-0.4, -0.2) is 179 Å². The van der Waals surface area contributed by atoms with Gasteiger partial charge in [0.1, 0.15) is 0 Å². The molecule has 306 valence electrons. The fraction of sp³-hybridized carbons (Fsp3) is 0.375. The Morgan fingerprint density at radius 1 is 0.482 bits per heavy atom. The third-order valence-corrected chi connectivity index (χ3v) is 7.34. The molecule has 2 unspecified atom stereocenters. The molecular weight excluding hydrogens is 756 g/mol. The second-order valence-corrected chi connectivity index (χ2v) is 11.8. The van der Waals surface area contributed by atoms with Crippen molar-refractivity contribution in [2.24, 2.45) is 0 Å². The minimum Gasteiger partial charge on any atom is -0.480 e. The average Bonchev–Trinajstić information content (AvgIpc) is 3.04. The Hall–Kier alpha value is -6.76. The average molecular weight is 797 g/mol. The van der Waals surface area contributed by atoms with E-state index in [1.165, 1.54) is 24.3 Å². The number of benzene rings is 2. The number of anilines is 1. The number of rotatable bonds is 25. The molecule has 0 aliphatic rings. The Labute approximate surface area is 315 Å². The summed E-state index contributed by atoms with van der Waals surface area (Å²) in [5, 5.41) is 83.2. The fourth-order valence-corrected chi connectivity index (χ4v) is 5.27. The molecule has 0 bridgehead atoms. The first kappa shape index (κ1) is 47.3. The Bertz CT molecular complexity index is 1660. The number of carbonyl (C=O) groups is 8. The van der Waals surface area contributed by atoms with Gasteiger partial charge in [0.05, 0.1) is 57.3 Å². The first-order chi connectivity index (χ1) is 26.1. The Morgan fingerprint density at radius 3 is 0.964 bits per heavy atom. The number of aliphatic carboxylic acids is 8. The molecule has 0 spiro atoms. The lowest BCUT2D eigenvalue weighted by Crippen LogP contribution is -2.45. The smallest absolute Gasteiger partial charge is 0.317 e. The molecule has 0 aliphatic carbocycles. The van der Waals surface area contributed by atoms with E-state index in [1.54, 1.807) is 12.1 Å². The van der Waals surface area contributed by atoms with Crippen molar-refractivity contribution in [1.82, 2.24) is 19.6 Å². The number of nitrogen functional groups attached to an aromatic ring is 1. The molecule has 24 heteroatoms. The number of carboxylic acids is 8. The van der Waals surface area contributed by atoms with Crippen molar-refractivity contribution in [1.29, 1.82) is 0 Å². The number of nitrogens with zero attached hydrogens (tertiary/aromatic N) is 5. The summed E-state index contributed by atoms with van der Waals surface area (Å²) in [4.78, 5) is 103. The minimum atomic E-state index is -1.36. The molecule has 0 aliphatic heterocycles. The molecule has 0 saturated carbocycles. The number of non-ortho nitro benzene ring substituents is 1. The van der Waals surface area contributed by atoms with Gasteiger partial charge in [0.2, 0.25) is 0 Å². The van der Waals surface area contributed by atoms with Crippen molar-refractivity contribution in [2.75, 3.05) is 71.2 Å². The summed E-state index contributed by atoms with van der Waals surface area (Å²) >= 11 is 0. The number of carboxylic acid groups (broad SMARTS) is 8. The van der Waals surface area contributed by atoms with Gasteiger partial charge >= 0.3 is 47.8 Å². The molecule has 0 fully saturated rings. The molecule has 0 aromatic heterocycles. The van der Waals surface area contributed by atoms with Crippen molar-refractivity contribution in [3.05, 3.63) is 69.8 Å². The van der Waals surface area contributed by atoms with E-state index in [0.717, 1.165) is 31.7 Å². The fourth-order valence-electron chi connectivity index (χ4n) is 5.27. The number of hydrogen-bond donors (Lipinski definition) is 9. The molecular formula is C32H40N6O18. The van der Waals surface area contributed by atoms with Gasteiger partial charge < -0.3 is 46.6 Å². The van der Waals surface area contributed by atoms with Crippen LogP contribution in [0.25, 0.3) is 0 Å². The monoisotopic (exact) mass is 796 g/mol. The predicted molar refractivity (Wildman–Crippen MR) is 187 cm³/mol. The van der Waals surface area contributed by atoms with E-state index in [4.69, 9.17) is 46.6 Å². The van der Waals surface area contributed by atoms with Crippen molar-refractivity contribution in [3.8, 4) is 0 Å². The van der Waals surface area contributed by atoms with Gasteiger partial charge in [0, 0.05) is 43.0 Å². The van der Waals surface area contributed by atoms with Crippen molar-refractivity contribution >= 4 is 59.1 Å². The maximum atomic E-state index is 11.2. The molecule has 2 aromatic rings. The van der Waals surface area contributed by atoms with Gasteiger partial charge in [-0.1, -0.05) is 24.3 Å². The quantitative estimate of drug-likeness (QED) is 0.0325. The molecule has 0 radical (unpaired) electrons. The Kier molecular flexibility index (Phi) is 19.5. The summed E-state index contributed by atoms with van der Waals surface area (Å²) in [5.41, 5.74) is 6.54. The maximum Gasteiger partial charge on any atom is 0.317 e. The Morgan fingerprint density at radius 2 is 0.732 bits per heavy atom. The van der Waals surface area contributed by atoms with E-state index in [2.05, 4.69) is 0 Å². The van der Waals surface area contributed by atoms with Gasteiger partial charge in [-0.2, -0.15) is 0 Å². The largest absolute Gasteiger partial charge is 0.480 e. The third-order valence-electron chi connectivity index (χ3n) is 7.34. The highest BCUT2D eigenvalue weighted by Gasteiger charge is 2.30. The standard InChI is InChI=1S/C16H19N3O10.C16H21N3O8/c20-13(21)6-17(7-14(22)23)5-12(18(8-15(24)25)9-16(26)27)10-1-3-11(4-2-10)19(28)29;17-11-3-1-10(2-4-11)12(19(8-15(24)25)9-16(26)27)5-18(6-13(20)21)7-14(22)23/h1-4,12H,5-9H2,(H,20,21)(H,22,23)(H,24,25)(H,26,27);1-4,12H,5-9,17H2,(H,20,21)(H,22,23)(H,24,25)(H,26,27). The van der Waals surface area contributed by atoms with Crippen molar-refractivity contribution in [2.45, 2.75) is 12.1 Å². The summed E-state index contributed by atoms with van der Waals surface area (Å²) in [5.74, 6) is -10.5. The summed E-state index contributed by atoms with van der Waals surface area (Å²) in [6.07, 6.45) is 0. The summed E-state index contributed by atoms with van der Waals surface area (Å²) in [7, 11) is 0. The van der Waals surface area contributed by atoms with Crippen LogP contribution < -0.4 is 5.73 Å². The molecule has 56 heavy (non-hydrogen) atoms. The topological polar surface area (TPSA) is 381 Å². The zero-order chi connectivity index (χ0) is 42.7. The highest BCUT2D eigenvalue weighted by Crippen LogP contribution is 2.25. The molecule has 0 amide bonds. The van der Waals surface area contributed by atoms with Gasteiger partial charge in [-0.05, 0) is 23.3 Å². The van der Waals surface area contributed by atoms with Crippen LogP contribution >= 0.6 is 0 Å².